The molecule has 4 rings (SSSR count). The average molecular weight is 410 g/mol. The maximum absolute atomic E-state index is 12.8. The topological polar surface area (TPSA) is 95.5 Å². The number of nitrogen functional groups attached to an aromatic ring is 1. The van der Waals surface area contributed by atoms with E-state index in [0.717, 1.165) is 16.7 Å². The predicted molar refractivity (Wildman–Crippen MR) is 116 cm³/mol. The zero-order chi connectivity index (χ0) is 20.4. The highest BCUT2D eigenvalue weighted by atomic mass is 31.0. The Morgan fingerprint density at radius 2 is 2.10 bits per heavy atom. The Kier molecular flexibility index (Phi) is 5.36. The van der Waals surface area contributed by atoms with Crippen molar-refractivity contribution in [3.05, 3.63) is 54.1 Å². The van der Waals surface area contributed by atoms with Crippen LogP contribution in [-0.2, 0) is 11.3 Å². The van der Waals surface area contributed by atoms with Crippen LogP contribution < -0.4 is 20.7 Å². The predicted octanol–water partition coefficient (Wildman–Crippen LogP) is 2.11. The summed E-state index contributed by atoms with van der Waals surface area (Å²) in [4.78, 5) is 14.7. The van der Waals surface area contributed by atoms with Gasteiger partial charge in [-0.05, 0) is 17.7 Å². The maximum atomic E-state index is 12.8. The number of likely N-dealkylation sites (N-methyl/N-ethyl adjacent to an activating group) is 1. The molecule has 2 aromatic carbocycles. The molecular formula is C20H23N6O2P. The fraction of sp³-hybridized carbons (Fsp3) is 0.300. The number of nitrogens with one attached hydrogen (secondary N) is 1. The van der Waals surface area contributed by atoms with Gasteiger partial charge >= 0.3 is 0 Å². The van der Waals surface area contributed by atoms with Crippen LogP contribution in [0.5, 0.6) is 5.75 Å². The number of amides is 1. The van der Waals surface area contributed by atoms with Gasteiger partial charge in [0.25, 0.3) is 0 Å². The van der Waals surface area contributed by atoms with E-state index in [-0.39, 0.29) is 18.6 Å². The molecule has 0 aliphatic carbocycles. The first kappa shape index (κ1) is 19.2. The number of rotatable bonds is 4. The number of fused-ring (bicyclic) bond motifs is 1. The second kappa shape index (κ2) is 8.09. The summed E-state index contributed by atoms with van der Waals surface area (Å²) in [6.07, 6.45) is 0. The number of hydrogen-bond acceptors (Lipinski definition) is 6. The van der Waals surface area contributed by atoms with Gasteiger partial charge in [-0.25, -0.2) is 0 Å². The lowest BCUT2D eigenvalue weighted by molar-refractivity contribution is -0.122. The van der Waals surface area contributed by atoms with E-state index < -0.39 is 6.04 Å². The molecule has 0 aromatic heterocycles. The third-order valence-electron chi connectivity index (χ3n) is 4.97. The third-order valence-corrected chi connectivity index (χ3v) is 5.65. The Balaban J connectivity index is 1.38. The molecule has 1 unspecified atom stereocenters. The van der Waals surface area contributed by atoms with Crippen LogP contribution in [0.3, 0.4) is 0 Å². The van der Waals surface area contributed by atoms with Crippen LogP contribution in [0.1, 0.15) is 5.56 Å². The monoisotopic (exact) mass is 410 g/mol. The quantitative estimate of drug-likeness (QED) is 0.595. The number of carbonyl (C=O) groups excluding carboxylic acids is 1. The number of nitrogens with two attached hydrogens (primary N) is 1. The van der Waals surface area contributed by atoms with Crippen LogP contribution in [0.4, 0.5) is 11.4 Å². The molecule has 2 aromatic rings. The molecule has 29 heavy (non-hydrogen) atoms. The Hall–Kier alpha value is -3.12. The van der Waals surface area contributed by atoms with Crippen molar-refractivity contribution in [2.75, 3.05) is 30.8 Å². The van der Waals surface area contributed by atoms with E-state index in [4.69, 9.17) is 10.5 Å². The van der Waals surface area contributed by atoms with Crippen LogP contribution in [0, 0.1) is 0 Å². The van der Waals surface area contributed by atoms with Gasteiger partial charge in [0.1, 0.15) is 18.4 Å². The zero-order valence-electron chi connectivity index (χ0n) is 16.1. The normalized spacial score (nSPS) is 20.8. The van der Waals surface area contributed by atoms with E-state index in [0.29, 0.717) is 24.5 Å². The first-order valence-corrected chi connectivity index (χ1v) is 9.86. The minimum Gasteiger partial charge on any atom is -0.489 e. The van der Waals surface area contributed by atoms with Gasteiger partial charge in [-0.15, -0.1) is 0 Å². The largest absolute Gasteiger partial charge is 0.489 e. The molecule has 9 heteroatoms. The second-order valence-corrected chi connectivity index (χ2v) is 7.61. The van der Waals surface area contributed by atoms with Gasteiger partial charge in [-0.1, -0.05) is 44.4 Å². The lowest BCUT2D eigenvalue weighted by Gasteiger charge is -2.25. The minimum atomic E-state index is -0.551. The minimum absolute atomic E-state index is 0.187. The van der Waals surface area contributed by atoms with E-state index in [1.165, 1.54) is 0 Å². The van der Waals surface area contributed by atoms with Crippen LogP contribution in [0.2, 0.25) is 0 Å². The summed E-state index contributed by atoms with van der Waals surface area (Å²) >= 11 is 0. The Bertz CT molecular complexity index is 951. The van der Waals surface area contributed by atoms with Gasteiger partial charge in [-0.2, -0.15) is 5.11 Å². The third kappa shape index (κ3) is 4.17. The van der Waals surface area contributed by atoms with Crippen molar-refractivity contribution in [2.45, 2.75) is 18.6 Å². The van der Waals surface area contributed by atoms with Crippen molar-refractivity contribution in [1.82, 2.24) is 10.3 Å². The van der Waals surface area contributed by atoms with Crippen molar-refractivity contribution < 1.29 is 9.53 Å². The summed E-state index contributed by atoms with van der Waals surface area (Å²) in [5.41, 5.74) is 9.27. The zero-order valence-corrected chi connectivity index (χ0v) is 17.1. The van der Waals surface area contributed by atoms with Crippen molar-refractivity contribution in [3.8, 4) is 5.75 Å². The first-order chi connectivity index (χ1) is 14.0. The van der Waals surface area contributed by atoms with Gasteiger partial charge in [0.2, 0.25) is 5.91 Å². The molecule has 150 valence electrons. The molecule has 1 amide bonds. The molecule has 2 heterocycles. The summed E-state index contributed by atoms with van der Waals surface area (Å²) in [5, 5.41) is 13.1. The van der Waals surface area contributed by atoms with E-state index in [2.05, 4.69) is 24.5 Å². The summed E-state index contributed by atoms with van der Waals surface area (Å²) < 4.78 is 5.89. The van der Waals surface area contributed by atoms with Crippen LogP contribution in [-0.4, -0.2) is 48.6 Å². The van der Waals surface area contributed by atoms with Crippen LogP contribution >= 0.6 is 8.86 Å². The standard InChI is InChI=1S/C20H23N6O2P/c1-25-17-8-7-14(21)9-18(17)28-12-16(20(25)29)22-19(27)15-11-26(24-23-15)10-13-5-3-2-4-6-13/h2-9,15-16,29H,10-12,21H2,1H3,(H,22,27)/t15?,16-/m0/s1. The highest BCUT2D eigenvalue weighted by Crippen LogP contribution is 2.33. The fourth-order valence-electron chi connectivity index (χ4n) is 3.35. The van der Waals surface area contributed by atoms with Gasteiger partial charge in [0.05, 0.1) is 24.2 Å². The Morgan fingerprint density at radius 1 is 1.31 bits per heavy atom. The molecular weight excluding hydrogens is 387 g/mol. The number of carbonyl (C=O) groups is 1. The number of anilines is 2. The van der Waals surface area contributed by atoms with E-state index >= 15 is 0 Å². The maximum Gasteiger partial charge on any atom is 0.249 e. The molecule has 0 saturated heterocycles. The molecule has 3 N–H and O–H groups in total. The van der Waals surface area contributed by atoms with E-state index in [1.807, 2.05) is 54.4 Å². The van der Waals surface area contributed by atoms with Crippen LogP contribution in [0.15, 0.2) is 58.9 Å². The highest BCUT2D eigenvalue weighted by Gasteiger charge is 2.31. The summed E-state index contributed by atoms with van der Waals surface area (Å²) in [6, 6.07) is 14.6. The smallest absolute Gasteiger partial charge is 0.249 e. The second-order valence-electron chi connectivity index (χ2n) is 7.10. The van der Waals surface area contributed by atoms with Gasteiger partial charge in [0, 0.05) is 18.8 Å². The molecule has 2 aliphatic rings. The summed E-state index contributed by atoms with van der Waals surface area (Å²) in [6.45, 7) is 1.34. The Labute approximate surface area is 171 Å². The molecule has 8 nitrogen and oxygen atoms in total. The Morgan fingerprint density at radius 3 is 2.90 bits per heavy atom. The molecule has 0 spiro atoms. The summed E-state index contributed by atoms with van der Waals surface area (Å²) in [5.74, 6) is 0.488. The van der Waals surface area contributed by atoms with Gasteiger partial charge in [-0.3, -0.25) is 9.80 Å². The fourth-order valence-corrected chi connectivity index (χ4v) is 3.63. The van der Waals surface area contributed by atoms with E-state index in [9.17, 15) is 4.79 Å². The highest BCUT2D eigenvalue weighted by molar-refractivity contribution is 7.22. The van der Waals surface area contributed by atoms with Crippen molar-refractivity contribution in [2.24, 2.45) is 10.3 Å². The molecule has 0 bridgehead atoms. The molecule has 0 fully saturated rings. The average Bonchev–Trinajstić information content (AvgIpc) is 3.15. The lowest BCUT2D eigenvalue weighted by atomic mass is 10.2. The van der Waals surface area contributed by atoms with Gasteiger partial charge < -0.3 is 20.7 Å². The molecule has 0 radical (unpaired) electrons. The molecule has 2 atom stereocenters. The number of ether oxygens (including phenoxy) is 1. The van der Waals surface area contributed by atoms with Crippen molar-refractivity contribution in [3.63, 3.8) is 0 Å². The lowest BCUT2D eigenvalue weighted by Crippen LogP contribution is -2.51. The molecule has 2 aliphatic heterocycles. The molecule has 0 saturated carbocycles. The number of nitrogens with zero attached hydrogens (tertiary/aromatic N) is 4. The number of hydrogen-bond donors (Lipinski definition) is 2. The number of benzene rings is 2. The van der Waals surface area contributed by atoms with E-state index in [1.54, 1.807) is 11.1 Å². The van der Waals surface area contributed by atoms with Gasteiger partial charge in [0.15, 0.2) is 6.04 Å². The van der Waals surface area contributed by atoms with Crippen LogP contribution in [0.25, 0.3) is 0 Å². The summed E-state index contributed by atoms with van der Waals surface area (Å²) in [7, 11) is 5.57. The van der Waals surface area contributed by atoms with Crippen molar-refractivity contribution >= 4 is 31.6 Å². The SMILES string of the molecule is CN1C(=P)[C@@H](NC(=O)C2CN(Cc3ccccc3)N=N2)COc2cc(N)ccc21. The van der Waals surface area contributed by atoms with Crippen molar-refractivity contribution in [1.29, 1.82) is 0 Å². The first-order valence-electron chi connectivity index (χ1n) is 9.36.